The Morgan fingerprint density at radius 2 is 1.74 bits per heavy atom. The highest BCUT2D eigenvalue weighted by Gasteiger charge is 2.32. The van der Waals surface area contributed by atoms with E-state index in [1.807, 2.05) is 4.90 Å². The molecule has 3 rings (SSSR count). The van der Waals surface area contributed by atoms with Gasteiger partial charge in [0.15, 0.2) is 0 Å². The summed E-state index contributed by atoms with van der Waals surface area (Å²) >= 11 is 9.37. The molecule has 0 radical (unpaired) electrons. The third-order valence-electron chi connectivity index (χ3n) is 4.46. The molecule has 1 aliphatic rings. The minimum Gasteiger partial charge on any atom is -0.282 e. The molecule has 0 bridgehead atoms. The van der Waals surface area contributed by atoms with Crippen LogP contribution in [0.5, 0.6) is 0 Å². The molecule has 27 heavy (non-hydrogen) atoms. The lowest BCUT2D eigenvalue weighted by Crippen LogP contribution is -2.49. The quantitative estimate of drug-likeness (QED) is 0.679. The van der Waals surface area contributed by atoms with Crippen LogP contribution in [0.2, 0.25) is 5.02 Å². The molecule has 0 unspecified atom stereocenters. The van der Waals surface area contributed by atoms with Crippen LogP contribution < -0.4 is 0 Å². The summed E-state index contributed by atoms with van der Waals surface area (Å²) < 4.78 is 40.9. The van der Waals surface area contributed by atoms with Crippen LogP contribution in [0.4, 0.5) is 4.39 Å². The second-order valence-corrected chi connectivity index (χ2v) is 9.33. The highest BCUT2D eigenvalue weighted by atomic mass is 79.9. The van der Waals surface area contributed by atoms with Crippen molar-refractivity contribution in [1.82, 2.24) is 9.21 Å². The molecule has 5 nitrogen and oxygen atoms in total. The maximum absolute atomic E-state index is 13.1. The molecule has 0 N–H and O–H groups in total. The normalized spacial score (nSPS) is 17.4. The molecule has 0 aromatic heterocycles. The second kappa shape index (κ2) is 8.25. The zero-order valence-corrected chi connectivity index (χ0v) is 17.3. The van der Waals surface area contributed by atoms with Crippen LogP contribution in [0.15, 0.2) is 51.8 Å². The lowest BCUT2D eigenvalue weighted by Gasteiger charge is -2.36. The van der Waals surface area contributed by atoms with Crippen molar-refractivity contribution in [2.45, 2.75) is 10.9 Å². The number of piperazine rings is 1. The number of rotatable bonds is 4. The average molecular weight is 473 g/mol. The first-order valence-electron chi connectivity index (χ1n) is 8.17. The molecule has 0 amide bonds. The third kappa shape index (κ3) is 4.33. The van der Waals surface area contributed by atoms with Crippen molar-refractivity contribution >= 4 is 37.6 Å². The Hall–Kier alpha value is -1.50. The maximum Gasteiger partial charge on any atom is 0.244 e. The minimum absolute atomic E-state index is 0.0659. The Kier molecular flexibility index (Phi) is 6.18. The number of hydrogen-bond acceptors (Lipinski definition) is 4. The number of sulfonamides is 1. The van der Waals surface area contributed by atoms with Crippen molar-refractivity contribution in [2.24, 2.45) is 0 Å². The number of nitriles is 1. The van der Waals surface area contributed by atoms with E-state index in [0.717, 1.165) is 0 Å². The summed E-state index contributed by atoms with van der Waals surface area (Å²) in [6.07, 6.45) is 0. The second-order valence-electron chi connectivity index (χ2n) is 6.10. The lowest BCUT2D eigenvalue weighted by molar-refractivity contribution is 0.162. The Morgan fingerprint density at radius 1 is 1.11 bits per heavy atom. The molecule has 0 saturated carbocycles. The molecule has 1 aliphatic heterocycles. The van der Waals surface area contributed by atoms with Crippen LogP contribution in [-0.2, 0) is 10.0 Å². The molecule has 0 spiro atoms. The van der Waals surface area contributed by atoms with Gasteiger partial charge >= 0.3 is 0 Å². The Balaban J connectivity index is 1.74. The monoisotopic (exact) mass is 471 g/mol. The molecule has 1 fully saturated rings. The molecule has 1 heterocycles. The van der Waals surface area contributed by atoms with Crippen molar-refractivity contribution in [3.8, 4) is 6.07 Å². The standard InChI is InChI=1S/C18H16BrClFN3O2S/c19-14-3-6-18(16(20)11-14)27(25,26)24-9-7-23(8-10-24)17(12-22)13-1-4-15(21)5-2-13/h1-6,11,17H,7-10H2/t17-/m0/s1. The fourth-order valence-corrected chi connectivity index (χ4v) is 5.47. The van der Waals surface area contributed by atoms with Gasteiger partial charge in [0.1, 0.15) is 16.8 Å². The largest absolute Gasteiger partial charge is 0.282 e. The highest BCUT2D eigenvalue weighted by molar-refractivity contribution is 9.10. The number of hydrogen-bond donors (Lipinski definition) is 0. The van der Waals surface area contributed by atoms with E-state index in [-0.39, 0.29) is 28.8 Å². The Morgan fingerprint density at radius 3 is 2.30 bits per heavy atom. The molecule has 2 aromatic rings. The highest BCUT2D eigenvalue weighted by Crippen LogP contribution is 2.29. The molecule has 1 saturated heterocycles. The average Bonchev–Trinajstić information content (AvgIpc) is 2.64. The molecule has 1 atom stereocenters. The van der Waals surface area contributed by atoms with Gasteiger partial charge in [-0.2, -0.15) is 9.57 Å². The van der Waals surface area contributed by atoms with Gasteiger partial charge < -0.3 is 0 Å². The van der Waals surface area contributed by atoms with E-state index < -0.39 is 16.1 Å². The Bertz CT molecular complexity index is 971. The first-order valence-corrected chi connectivity index (χ1v) is 10.8. The van der Waals surface area contributed by atoms with Gasteiger partial charge in [0, 0.05) is 30.7 Å². The summed E-state index contributed by atoms with van der Waals surface area (Å²) in [5.74, 6) is -0.363. The molecular formula is C18H16BrClFN3O2S. The van der Waals surface area contributed by atoms with Crippen LogP contribution in [0, 0.1) is 17.1 Å². The summed E-state index contributed by atoms with van der Waals surface area (Å²) in [6, 6.07) is 12.1. The summed E-state index contributed by atoms with van der Waals surface area (Å²) in [6.45, 7) is 1.27. The van der Waals surface area contributed by atoms with Crippen LogP contribution in [0.1, 0.15) is 11.6 Å². The van der Waals surface area contributed by atoms with Gasteiger partial charge in [-0.1, -0.05) is 39.7 Å². The van der Waals surface area contributed by atoms with E-state index in [1.165, 1.54) is 22.5 Å². The van der Waals surface area contributed by atoms with Gasteiger partial charge in [-0.05, 0) is 35.9 Å². The summed E-state index contributed by atoms with van der Waals surface area (Å²) in [7, 11) is -3.71. The number of halogens is 3. The van der Waals surface area contributed by atoms with Crippen molar-refractivity contribution in [2.75, 3.05) is 26.2 Å². The molecule has 0 aliphatic carbocycles. The first kappa shape index (κ1) is 20.2. The molecule has 142 valence electrons. The van der Waals surface area contributed by atoms with Gasteiger partial charge in [-0.15, -0.1) is 0 Å². The maximum atomic E-state index is 13.1. The predicted molar refractivity (Wildman–Crippen MR) is 104 cm³/mol. The zero-order chi connectivity index (χ0) is 19.6. The van der Waals surface area contributed by atoms with Gasteiger partial charge in [0.05, 0.1) is 11.1 Å². The van der Waals surface area contributed by atoms with E-state index in [0.29, 0.717) is 23.1 Å². The topological polar surface area (TPSA) is 64.4 Å². The molecular weight excluding hydrogens is 457 g/mol. The summed E-state index contributed by atoms with van der Waals surface area (Å²) in [4.78, 5) is 1.96. The van der Waals surface area contributed by atoms with Gasteiger partial charge in [0.25, 0.3) is 0 Å². The number of benzene rings is 2. The van der Waals surface area contributed by atoms with Gasteiger partial charge in [-0.3, -0.25) is 4.90 Å². The lowest BCUT2D eigenvalue weighted by atomic mass is 10.1. The van der Waals surface area contributed by atoms with E-state index >= 15 is 0 Å². The van der Waals surface area contributed by atoms with Crippen LogP contribution >= 0.6 is 27.5 Å². The summed E-state index contributed by atoms with van der Waals surface area (Å²) in [5, 5.41) is 9.69. The smallest absolute Gasteiger partial charge is 0.244 e. The van der Waals surface area contributed by atoms with Gasteiger partial charge in [-0.25, -0.2) is 12.8 Å². The van der Waals surface area contributed by atoms with Crippen LogP contribution in [0.3, 0.4) is 0 Å². The van der Waals surface area contributed by atoms with E-state index in [4.69, 9.17) is 11.6 Å². The van der Waals surface area contributed by atoms with Crippen LogP contribution in [-0.4, -0.2) is 43.8 Å². The third-order valence-corrected chi connectivity index (χ3v) is 7.33. The predicted octanol–water partition coefficient (Wildman–Crippen LogP) is 3.81. The van der Waals surface area contributed by atoms with Crippen molar-refractivity contribution in [1.29, 1.82) is 5.26 Å². The first-order chi connectivity index (χ1) is 12.8. The van der Waals surface area contributed by atoms with Crippen molar-refractivity contribution < 1.29 is 12.8 Å². The van der Waals surface area contributed by atoms with E-state index in [2.05, 4.69) is 22.0 Å². The fourth-order valence-electron chi connectivity index (χ4n) is 3.04. The minimum atomic E-state index is -3.71. The van der Waals surface area contributed by atoms with Crippen LogP contribution in [0.25, 0.3) is 0 Å². The van der Waals surface area contributed by atoms with Gasteiger partial charge in [0.2, 0.25) is 10.0 Å². The SMILES string of the molecule is N#C[C@@H](c1ccc(F)cc1)N1CCN(S(=O)(=O)c2ccc(Br)cc2Cl)CC1. The van der Waals surface area contributed by atoms with E-state index in [9.17, 15) is 18.1 Å². The van der Waals surface area contributed by atoms with E-state index in [1.54, 1.807) is 24.3 Å². The Labute approximate surface area is 171 Å². The fraction of sp³-hybridized carbons (Fsp3) is 0.278. The molecule has 2 aromatic carbocycles. The molecule has 9 heteroatoms. The zero-order valence-electron chi connectivity index (χ0n) is 14.1. The summed E-state index contributed by atoms with van der Waals surface area (Å²) in [5.41, 5.74) is 0.686. The van der Waals surface area contributed by atoms with Crippen molar-refractivity contribution in [3.63, 3.8) is 0 Å². The number of nitrogens with zero attached hydrogens (tertiary/aromatic N) is 3. The van der Waals surface area contributed by atoms with Crippen molar-refractivity contribution in [3.05, 3.63) is 63.3 Å².